The highest BCUT2D eigenvalue weighted by Gasteiger charge is 2.14. The molecule has 0 aliphatic rings. The summed E-state index contributed by atoms with van der Waals surface area (Å²) in [5, 5.41) is 7.11. The van der Waals surface area contributed by atoms with Gasteiger partial charge in [0.25, 0.3) is 5.91 Å². The molecule has 2 rings (SSSR count). The summed E-state index contributed by atoms with van der Waals surface area (Å²) in [6, 6.07) is 4.98. The number of carbonyl (C=O) groups is 1. The zero-order valence-electron chi connectivity index (χ0n) is 11.8. The van der Waals surface area contributed by atoms with Gasteiger partial charge in [0.2, 0.25) is 0 Å². The number of nitrogen functional groups attached to an aromatic ring is 1. The summed E-state index contributed by atoms with van der Waals surface area (Å²) in [7, 11) is 3.36. The SMILES string of the molecule is CCc1nn(C)cc1NC(=O)c1cc(OC)ccc1N. The molecule has 1 heterocycles. The van der Waals surface area contributed by atoms with E-state index >= 15 is 0 Å². The average molecular weight is 274 g/mol. The van der Waals surface area contributed by atoms with Crippen LogP contribution in [-0.2, 0) is 13.5 Å². The number of benzene rings is 1. The lowest BCUT2D eigenvalue weighted by Crippen LogP contribution is -2.14. The molecule has 0 saturated carbocycles. The third-order valence-electron chi connectivity index (χ3n) is 2.99. The van der Waals surface area contributed by atoms with E-state index in [1.54, 1.807) is 36.2 Å². The first kappa shape index (κ1) is 13.9. The molecular formula is C14H18N4O2. The number of carbonyl (C=O) groups excluding carboxylic acids is 1. The molecule has 0 radical (unpaired) electrons. The molecule has 0 saturated heterocycles. The minimum absolute atomic E-state index is 0.274. The molecule has 6 nitrogen and oxygen atoms in total. The van der Waals surface area contributed by atoms with Gasteiger partial charge in [-0.25, -0.2) is 0 Å². The lowest BCUT2D eigenvalue weighted by atomic mass is 10.1. The van der Waals surface area contributed by atoms with Crippen LogP contribution in [0.15, 0.2) is 24.4 Å². The molecule has 0 unspecified atom stereocenters. The van der Waals surface area contributed by atoms with E-state index in [2.05, 4.69) is 10.4 Å². The van der Waals surface area contributed by atoms with Crippen LogP contribution in [0.4, 0.5) is 11.4 Å². The van der Waals surface area contributed by atoms with Gasteiger partial charge in [0.1, 0.15) is 5.75 Å². The topological polar surface area (TPSA) is 82.2 Å². The van der Waals surface area contributed by atoms with E-state index in [4.69, 9.17) is 10.5 Å². The third kappa shape index (κ3) is 2.74. The molecule has 0 bridgehead atoms. The van der Waals surface area contributed by atoms with Gasteiger partial charge in [0.05, 0.1) is 24.1 Å². The molecular weight excluding hydrogens is 256 g/mol. The molecule has 6 heteroatoms. The fourth-order valence-corrected chi connectivity index (χ4v) is 1.95. The van der Waals surface area contributed by atoms with Crippen LogP contribution in [0.1, 0.15) is 23.0 Å². The summed E-state index contributed by atoms with van der Waals surface area (Å²) in [4.78, 5) is 12.3. The number of ether oxygens (including phenoxy) is 1. The normalized spacial score (nSPS) is 10.3. The summed E-state index contributed by atoms with van der Waals surface area (Å²) < 4.78 is 6.78. The standard InChI is InChI=1S/C14H18N4O2/c1-4-12-13(8-18(2)17-12)16-14(19)10-7-9(20-3)5-6-11(10)15/h5-8H,4,15H2,1-3H3,(H,16,19). The molecule has 2 aromatic rings. The lowest BCUT2D eigenvalue weighted by Gasteiger charge is -2.08. The molecule has 0 fully saturated rings. The van der Waals surface area contributed by atoms with Crippen LogP contribution in [0.5, 0.6) is 5.75 Å². The monoisotopic (exact) mass is 274 g/mol. The minimum Gasteiger partial charge on any atom is -0.497 e. The Balaban J connectivity index is 2.27. The summed E-state index contributed by atoms with van der Waals surface area (Å²) in [5.74, 6) is 0.315. The number of nitrogens with one attached hydrogen (secondary N) is 1. The molecule has 1 aromatic carbocycles. The number of nitrogens with two attached hydrogens (primary N) is 1. The van der Waals surface area contributed by atoms with Crippen LogP contribution >= 0.6 is 0 Å². The number of amides is 1. The van der Waals surface area contributed by atoms with Crippen molar-refractivity contribution in [3.8, 4) is 5.75 Å². The Morgan fingerprint density at radius 2 is 2.25 bits per heavy atom. The van der Waals surface area contributed by atoms with Crippen molar-refractivity contribution in [3.05, 3.63) is 35.7 Å². The van der Waals surface area contributed by atoms with Crippen molar-refractivity contribution in [2.24, 2.45) is 7.05 Å². The number of aryl methyl sites for hydroxylation is 2. The van der Waals surface area contributed by atoms with E-state index in [1.807, 2.05) is 14.0 Å². The predicted molar refractivity (Wildman–Crippen MR) is 77.9 cm³/mol. The summed E-state index contributed by atoms with van der Waals surface area (Å²) in [5.41, 5.74) is 8.16. The number of hydrogen-bond donors (Lipinski definition) is 2. The van der Waals surface area contributed by atoms with Crippen LogP contribution in [0.3, 0.4) is 0 Å². The van der Waals surface area contributed by atoms with Crippen molar-refractivity contribution in [2.75, 3.05) is 18.2 Å². The number of hydrogen-bond acceptors (Lipinski definition) is 4. The van der Waals surface area contributed by atoms with Crippen molar-refractivity contribution < 1.29 is 9.53 Å². The average Bonchev–Trinajstić information content (AvgIpc) is 2.79. The van der Waals surface area contributed by atoms with Crippen molar-refractivity contribution in [2.45, 2.75) is 13.3 Å². The maximum atomic E-state index is 12.3. The molecule has 0 aliphatic heterocycles. The van der Waals surface area contributed by atoms with Crippen molar-refractivity contribution >= 4 is 17.3 Å². The first-order chi connectivity index (χ1) is 9.55. The smallest absolute Gasteiger partial charge is 0.257 e. The minimum atomic E-state index is -0.274. The molecule has 3 N–H and O–H groups in total. The van der Waals surface area contributed by atoms with Crippen LogP contribution in [0.2, 0.25) is 0 Å². The van der Waals surface area contributed by atoms with Crippen molar-refractivity contribution in [1.82, 2.24) is 9.78 Å². The largest absolute Gasteiger partial charge is 0.497 e. The van der Waals surface area contributed by atoms with Gasteiger partial charge in [-0.1, -0.05) is 6.92 Å². The van der Waals surface area contributed by atoms with Gasteiger partial charge in [-0.05, 0) is 24.6 Å². The first-order valence-corrected chi connectivity index (χ1v) is 6.32. The second-order valence-electron chi connectivity index (χ2n) is 4.42. The van der Waals surface area contributed by atoms with Gasteiger partial charge >= 0.3 is 0 Å². The molecule has 1 aromatic heterocycles. The van der Waals surface area contributed by atoms with Crippen LogP contribution in [0, 0.1) is 0 Å². The van der Waals surface area contributed by atoms with E-state index < -0.39 is 0 Å². The zero-order valence-corrected chi connectivity index (χ0v) is 11.8. The highest BCUT2D eigenvalue weighted by atomic mass is 16.5. The maximum absolute atomic E-state index is 12.3. The summed E-state index contributed by atoms with van der Waals surface area (Å²) in [6.45, 7) is 1.98. The first-order valence-electron chi connectivity index (χ1n) is 6.32. The Hall–Kier alpha value is -2.50. The number of nitrogens with zero attached hydrogens (tertiary/aromatic N) is 2. The van der Waals surface area contributed by atoms with Gasteiger partial charge < -0.3 is 15.8 Å². The molecule has 0 aliphatic carbocycles. The van der Waals surface area contributed by atoms with E-state index in [0.29, 0.717) is 22.7 Å². The van der Waals surface area contributed by atoms with Gasteiger partial charge in [-0.15, -0.1) is 0 Å². The number of rotatable bonds is 4. The Labute approximate surface area is 117 Å². The Kier molecular flexibility index (Phi) is 3.93. The second kappa shape index (κ2) is 5.64. The Bertz CT molecular complexity index is 634. The molecule has 1 amide bonds. The Morgan fingerprint density at radius 1 is 1.50 bits per heavy atom. The highest BCUT2D eigenvalue weighted by Crippen LogP contribution is 2.22. The predicted octanol–water partition coefficient (Wildman–Crippen LogP) is 1.83. The van der Waals surface area contributed by atoms with E-state index in [1.165, 1.54) is 0 Å². The fraction of sp³-hybridized carbons (Fsp3) is 0.286. The van der Waals surface area contributed by atoms with E-state index in [-0.39, 0.29) is 5.91 Å². The van der Waals surface area contributed by atoms with Gasteiger partial charge in [0, 0.05) is 18.9 Å². The van der Waals surface area contributed by atoms with Gasteiger partial charge in [-0.2, -0.15) is 5.10 Å². The number of aromatic nitrogens is 2. The second-order valence-corrected chi connectivity index (χ2v) is 4.42. The van der Waals surface area contributed by atoms with Crippen molar-refractivity contribution in [1.29, 1.82) is 0 Å². The molecule has 0 atom stereocenters. The number of anilines is 2. The van der Waals surface area contributed by atoms with E-state index in [0.717, 1.165) is 12.1 Å². The van der Waals surface area contributed by atoms with Crippen LogP contribution < -0.4 is 15.8 Å². The molecule has 20 heavy (non-hydrogen) atoms. The number of methoxy groups -OCH3 is 1. The zero-order chi connectivity index (χ0) is 14.7. The summed E-state index contributed by atoms with van der Waals surface area (Å²) >= 11 is 0. The van der Waals surface area contributed by atoms with Gasteiger partial charge in [0.15, 0.2) is 0 Å². The fourth-order valence-electron chi connectivity index (χ4n) is 1.95. The Morgan fingerprint density at radius 3 is 2.90 bits per heavy atom. The van der Waals surface area contributed by atoms with Crippen LogP contribution in [0.25, 0.3) is 0 Å². The van der Waals surface area contributed by atoms with Gasteiger partial charge in [-0.3, -0.25) is 9.48 Å². The van der Waals surface area contributed by atoms with E-state index in [9.17, 15) is 4.79 Å². The van der Waals surface area contributed by atoms with Crippen LogP contribution in [-0.4, -0.2) is 22.8 Å². The quantitative estimate of drug-likeness (QED) is 0.833. The molecule has 0 spiro atoms. The molecule has 106 valence electrons. The third-order valence-corrected chi connectivity index (χ3v) is 2.99. The lowest BCUT2D eigenvalue weighted by molar-refractivity contribution is 0.102. The van der Waals surface area contributed by atoms with Crippen molar-refractivity contribution in [3.63, 3.8) is 0 Å². The maximum Gasteiger partial charge on any atom is 0.257 e. The highest BCUT2D eigenvalue weighted by molar-refractivity contribution is 6.08. The summed E-state index contributed by atoms with van der Waals surface area (Å²) in [6.07, 6.45) is 2.51.